The van der Waals surface area contributed by atoms with Crippen molar-refractivity contribution in [2.45, 2.75) is 12.1 Å². The zero-order chi connectivity index (χ0) is 24.1. The van der Waals surface area contributed by atoms with Gasteiger partial charge in [0.15, 0.2) is 6.10 Å². The van der Waals surface area contributed by atoms with Crippen molar-refractivity contribution in [2.75, 3.05) is 9.96 Å². The van der Waals surface area contributed by atoms with Gasteiger partial charge in [-0.3, -0.25) is 14.4 Å². The van der Waals surface area contributed by atoms with E-state index in [0.29, 0.717) is 32.9 Å². The van der Waals surface area contributed by atoms with Crippen molar-refractivity contribution < 1.29 is 18.8 Å². The first-order chi connectivity index (χ1) is 17.0. The molecule has 1 aromatic heterocycles. The quantitative estimate of drug-likeness (QED) is 0.305. The number of benzene rings is 3. The van der Waals surface area contributed by atoms with Gasteiger partial charge in [0, 0.05) is 5.56 Å². The number of hydrogen-bond donors (Lipinski definition) is 0. The molecule has 3 atom stereocenters. The molecule has 6 nitrogen and oxygen atoms in total. The smallest absolute Gasteiger partial charge is 0.266 e. The molecule has 2 aliphatic heterocycles. The fourth-order valence-corrected chi connectivity index (χ4v) is 4.95. The van der Waals surface area contributed by atoms with E-state index in [1.165, 1.54) is 4.90 Å². The predicted octanol–water partition coefficient (Wildman–Crippen LogP) is 6.30. The maximum absolute atomic E-state index is 13.6. The molecule has 0 N–H and O–H groups in total. The number of furan rings is 1. The highest BCUT2D eigenvalue weighted by Gasteiger charge is 2.61. The molecule has 0 saturated carbocycles. The SMILES string of the molecule is O=C1[C@@H]2[C@H](ON(c3ccccc3)[C@@H]2c2ccc(-c3ccc(Cl)c(Cl)c3)o2)C(=O)N1c1ccccc1. The lowest BCUT2D eigenvalue weighted by Gasteiger charge is -2.27. The van der Waals surface area contributed by atoms with Gasteiger partial charge in [-0.25, -0.2) is 9.96 Å². The number of nitrogens with zero attached hydrogens (tertiary/aromatic N) is 2. The van der Waals surface area contributed by atoms with Crippen LogP contribution >= 0.6 is 23.2 Å². The largest absolute Gasteiger partial charge is 0.459 e. The van der Waals surface area contributed by atoms with Gasteiger partial charge in [-0.1, -0.05) is 59.6 Å². The summed E-state index contributed by atoms with van der Waals surface area (Å²) >= 11 is 12.3. The molecule has 0 spiro atoms. The summed E-state index contributed by atoms with van der Waals surface area (Å²) in [4.78, 5) is 34.3. The molecule has 4 aromatic rings. The molecule has 0 radical (unpaired) electrons. The number of hydroxylamine groups is 1. The average molecular weight is 505 g/mol. The Morgan fingerprint density at radius 2 is 1.40 bits per heavy atom. The summed E-state index contributed by atoms with van der Waals surface area (Å²) in [5.74, 6) is -0.450. The Bertz CT molecular complexity index is 1420. The Kier molecular flexibility index (Phi) is 5.37. The van der Waals surface area contributed by atoms with E-state index in [1.807, 2.05) is 42.5 Å². The highest BCUT2D eigenvalue weighted by atomic mass is 35.5. The van der Waals surface area contributed by atoms with Gasteiger partial charge in [0.25, 0.3) is 5.91 Å². The summed E-state index contributed by atoms with van der Waals surface area (Å²) in [5.41, 5.74) is 1.97. The van der Waals surface area contributed by atoms with Gasteiger partial charge < -0.3 is 4.42 Å². The molecule has 3 aromatic carbocycles. The van der Waals surface area contributed by atoms with Gasteiger partial charge in [-0.05, 0) is 54.6 Å². The van der Waals surface area contributed by atoms with Crippen LogP contribution in [0.2, 0.25) is 10.0 Å². The lowest BCUT2D eigenvalue weighted by Crippen LogP contribution is -2.37. The van der Waals surface area contributed by atoms with E-state index in [1.54, 1.807) is 53.6 Å². The molecule has 35 heavy (non-hydrogen) atoms. The Balaban J connectivity index is 1.42. The molecule has 2 aliphatic rings. The molecule has 2 fully saturated rings. The standard InChI is InChI=1S/C27H18Cl2N2O4/c28-19-12-11-16(15-20(19)29)21-13-14-22(34-21)24-23-25(35-31(24)18-9-5-2-6-10-18)27(33)30(26(23)32)17-7-3-1-4-8-17/h1-15,23-25H/t23-,24+,25-/m0/s1. The van der Waals surface area contributed by atoms with Crippen molar-refractivity contribution in [2.24, 2.45) is 5.92 Å². The van der Waals surface area contributed by atoms with Crippen molar-refractivity contribution >= 4 is 46.4 Å². The fourth-order valence-electron chi connectivity index (χ4n) is 4.65. The van der Waals surface area contributed by atoms with E-state index in [2.05, 4.69) is 0 Å². The zero-order valence-corrected chi connectivity index (χ0v) is 19.7. The van der Waals surface area contributed by atoms with Crippen LogP contribution in [0.1, 0.15) is 11.8 Å². The third-order valence-electron chi connectivity index (χ3n) is 6.26. The summed E-state index contributed by atoms with van der Waals surface area (Å²) in [7, 11) is 0. The molecule has 2 saturated heterocycles. The van der Waals surface area contributed by atoms with Crippen molar-refractivity contribution in [3.63, 3.8) is 0 Å². The van der Waals surface area contributed by atoms with Crippen LogP contribution < -0.4 is 9.96 Å². The number of hydrogen-bond acceptors (Lipinski definition) is 5. The number of halogens is 2. The van der Waals surface area contributed by atoms with Gasteiger partial charge in [-0.15, -0.1) is 0 Å². The second-order valence-corrected chi connectivity index (χ2v) is 9.15. The van der Waals surface area contributed by atoms with Gasteiger partial charge in [0.1, 0.15) is 23.5 Å². The number of anilines is 2. The Morgan fingerprint density at radius 1 is 0.714 bits per heavy atom. The molecule has 0 unspecified atom stereocenters. The summed E-state index contributed by atoms with van der Waals surface area (Å²) < 4.78 is 6.23. The van der Waals surface area contributed by atoms with E-state index in [4.69, 9.17) is 32.5 Å². The van der Waals surface area contributed by atoms with Crippen molar-refractivity contribution in [1.82, 2.24) is 0 Å². The van der Waals surface area contributed by atoms with Crippen molar-refractivity contribution in [3.05, 3.63) is 107 Å². The Morgan fingerprint density at radius 3 is 2.09 bits per heavy atom. The van der Waals surface area contributed by atoms with Crippen LogP contribution in [-0.4, -0.2) is 17.9 Å². The lowest BCUT2D eigenvalue weighted by atomic mass is 9.94. The number of imide groups is 1. The summed E-state index contributed by atoms with van der Waals surface area (Å²) in [6.45, 7) is 0. The molecule has 0 bridgehead atoms. The van der Waals surface area contributed by atoms with Crippen LogP contribution in [0.4, 0.5) is 11.4 Å². The monoisotopic (exact) mass is 504 g/mol. The van der Waals surface area contributed by atoms with Crippen LogP contribution in [0.5, 0.6) is 0 Å². The third kappa shape index (κ3) is 3.62. The second kappa shape index (κ2) is 8.57. The zero-order valence-electron chi connectivity index (χ0n) is 18.2. The maximum atomic E-state index is 13.6. The maximum Gasteiger partial charge on any atom is 0.266 e. The van der Waals surface area contributed by atoms with Crippen molar-refractivity contribution in [1.29, 1.82) is 0 Å². The summed E-state index contributed by atoms with van der Waals surface area (Å²) in [6, 6.07) is 26.4. The topological polar surface area (TPSA) is 63.0 Å². The first-order valence-electron chi connectivity index (χ1n) is 11.0. The third-order valence-corrected chi connectivity index (χ3v) is 7.00. The van der Waals surface area contributed by atoms with Crippen LogP contribution in [0, 0.1) is 5.92 Å². The lowest BCUT2D eigenvalue weighted by molar-refractivity contribution is -0.126. The number of fused-ring (bicyclic) bond motifs is 1. The second-order valence-electron chi connectivity index (χ2n) is 8.34. The van der Waals surface area contributed by atoms with Crippen LogP contribution in [0.3, 0.4) is 0 Å². The van der Waals surface area contributed by atoms with Gasteiger partial charge >= 0.3 is 0 Å². The molecule has 2 amide bonds. The van der Waals surface area contributed by atoms with Gasteiger partial charge in [-0.2, -0.15) is 0 Å². The number of carbonyl (C=O) groups is 2. The molecule has 0 aliphatic carbocycles. The van der Waals surface area contributed by atoms with E-state index >= 15 is 0 Å². The molecule has 174 valence electrons. The van der Waals surface area contributed by atoms with Crippen molar-refractivity contribution in [3.8, 4) is 11.3 Å². The first-order valence-corrected chi connectivity index (χ1v) is 11.8. The van der Waals surface area contributed by atoms with E-state index < -0.39 is 24.0 Å². The minimum Gasteiger partial charge on any atom is -0.459 e. The molecule has 6 rings (SSSR count). The molecular formula is C27H18Cl2N2O4. The van der Waals surface area contributed by atoms with Gasteiger partial charge in [0.05, 0.1) is 21.4 Å². The fraction of sp³-hybridized carbons (Fsp3) is 0.111. The minimum absolute atomic E-state index is 0.331. The number of rotatable bonds is 4. The van der Waals surface area contributed by atoms with Crippen LogP contribution in [0.15, 0.2) is 95.4 Å². The molecular weight excluding hydrogens is 487 g/mol. The Hall–Kier alpha value is -3.58. The number of para-hydroxylation sites is 2. The summed E-state index contributed by atoms with van der Waals surface area (Å²) in [6.07, 6.45) is -0.966. The average Bonchev–Trinajstić information content (AvgIpc) is 3.57. The van der Waals surface area contributed by atoms with E-state index in [9.17, 15) is 9.59 Å². The highest BCUT2D eigenvalue weighted by Crippen LogP contribution is 2.48. The van der Waals surface area contributed by atoms with Crippen LogP contribution in [-0.2, 0) is 14.4 Å². The normalized spacial score (nSPS) is 21.6. The first kappa shape index (κ1) is 21.9. The molecule has 8 heteroatoms. The predicted molar refractivity (Wildman–Crippen MR) is 133 cm³/mol. The Labute approximate surface area is 211 Å². The van der Waals surface area contributed by atoms with E-state index in [-0.39, 0.29) is 5.91 Å². The van der Waals surface area contributed by atoms with Crippen LogP contribution in [0.25, 0.3) is 11.3 Å². The minimum atomic E-state index is -0.966. The van der Waals surface area contributed by atoms with E-state index in [0.717, 1.165) is 5.56 Å². The number of carbonyl (C=O) groups excluding carboxylic acids is 2. The molecule has 3 heterocycles. The number of amides is 2. The highest BCUT2D eigenvalue weighted by molar-refractivity contribution is 6.42. The van der Waals surface area contributed by atoms with Gasteiger partial charge in [0.2, 0.25) is 5.91 Å². The summed E-state index contributed by atoms with van der Waals surface area (Å²) in [5, 5.41) is 2.46.